The summed E-state index contributed by atoms with van der Waals surface area (Å²) in [5, 5.41) is 2.75. The SMILES string of the molecule is Cc1ccc(CNC(=O)COC(=O)c2ccccc2C)cc1C. The maximum atomic E-state index is 11.9. The number of aryl methyl sites for hydroxylation is 3. The van der Waals surface area contributed by atoms with Gasteiger partial charge in [-0.05, 0) is 49.1 Å². The number of carbonyl (C=O) groups excluding carboxylic acids is 2. The molecule has 120 valence electrons. The van der Waals surface area contributed by atoms with Gasteiger partial charge in [-0.3, -0.25) is 4.79 Å². The molecule has 2 rings (SSSR count). The van der Waals surface area contributed by atoms with Crippen LogP contribution in [0, 0.1) is 20.8 Å². The molecule has 0 atom stereocenters. The molecule has 2 aromatic rings. The van der Waals surface area contributed by atoms with E-state index in [1.165, 1.54) is 11.1 Å². The Hall–Kier alpha value is -2.62. The smallest absolute Gasteiger partial charge is 0.338 e. The third kappa shape index (κ3) is 4.68. The Morgan fingerprint density at radius 2 is 1.70 bits per heavy atom. The predicted molar refractivity (Wildman–Crippen MR) is 89.2 cm³/mol. The van der Waals surface area contributed by atoms with E-state index in [9.17, 15) is 9.59 Å². The molecular weight excluding hydrogens is 290 g/mol. The normalized spacial score (nSPS) is 10.2. The number of hydrogen-bond acceptors (Lipinski definition) is 3. The second-order valence-corrected chi connectivity index (χ2v) is 5.59. The van der Waals surface area contributed by atoms with Crippen LogP contribution < -0.4 is 5.32 Å². The van der Waals surface area contributed by atoms with Crippen molar-refractivity contribution >= 4 is 11.9 Å². The Morgan fingerprint density at radius 3 is 2.39 bits per heavy atom. The molecule has 0 bridgehead atoms. The zero-order valence-electron chi connectivity index (χ0n) is 13.7. The average Bonchev–Trinajstić information content (AvgIpc) is 2.54. The Kier molecular flexibility index (Phi) is 5.52. The first-order valence-electron chi connectivity index (χ1n) is 7.53. The molecule has 4 nitrogen and oxygen atoms in total. The van der Waals surface area contributed by atoms with Crippen molar-refractivity contribution in [2.45, 2.75) is 27.3 Å². The molecule has 23 heavy (non-hydrogen) atoms. The topological polar surface area (TPSA) is 55.4 Å². The second kappa shape index (κ2) is 7.58. The molecule has 0 aliphatic carbocycles. The molecule has 1 amide bonds. The fraction of sp³-hybridized carbons (Fsp3) is 0.263. The molecule has 0 radical (unpaired) electrons. The van der Waals surface area contributed by atoms with Crippen LogP contribution in [-0.4, -0.2) is 18.5 Å². The third-order valence-corrected chi connectivity index (χ3v) is 3.76. The molecule has 0 heterocycles. The summed E-state index contributed by atoms with van der Waals surface area (Å²) in [5.74, 6) is -0.797. The van der Waals surface area contributed by atoms with Crippen LogP contribution in [0.4, 0.5) is 0 Å². The van der Waals surface area contributed by atoms with Gasteiger partial charge in [-0.15, -0.1) is 0 Å². The van der Waals surface area contributed by atoms with E-state index in [1.807, 2.05) is 51.1 Å². The lowest BCUT2D eigenvalue weighted by molar-refractivity contribution is -0.124. The molecule has 0 saturated carbocycles. The fourth-order valence-corrected chi connectivity index (χ4v) is 2.18. The number of benzene rings is 2. The molecule has 1 N–H and O–H groups in total. The summed E-state index contributed by atoms with van der Waals surface area (Å²) < 4.78 is 5.05. The van der Waals surface area contributed by atoms with Crippen LogP contribution in [0.1, 0.15) is 32.6 Å². The summed E-state index contributed by atoms with van der Waals surface area (Å²) in [7, 11) is 0. The van der Waals surface area contributed by atoms with Gasteiger partial charge in [-0.25, -0.2) is 4.79 Å². The molecule has 0 fully saturated rings. The van der Waals surface area contributed by atoms with Gasteiger partial charge in [0.15, 0.2) is 6.61 Å². The van der Waals surface area contributed by atoms with E-state index in [2.05, 4.69) is 5.32 Å². The monoisotopic (exact) mass is 311 g/mol. The number of carbonyl (C=O) groups is 2. The minimum Gasteiger partial charge on any atom is -0.452 e. The van der Waals surface area contributed by atoms with Crippen molar-refractivity contribution in [1.29, 1.82) is 0 Å². The van der Waals surface area contributed by atoms with Crippen molar-refractivity contribution < 1.29 is 14.3 Å². The van der Waals surface area contributed by atoms with Crippen LogP contribution in [0.15, 0.2) is 42.5 Å². The summed E-state index contributed by atoms with van der Waals surface area (Å²) in [6.07, 6.45) is 0. The lowest BCUT2D eigenvalue weighted by Crippen LogP contribution is -2.28. The van der Waals surface area contributed by atoms with Crippen LogP contribution in [0.25, 0.3) is 0 Å². The van der Waals surface area contributed by atoms with Gasteiger partial charge >= 0.3 is 5.97 Å². The fourth-order valence-electron chi connectivity index (χ4n) is 2.18. The first kappa shape index (κ1) is 16.7. The highest BCUT2D eigenvalue weighted by molar-refractivity contribution is 5.92. The Bertz CT molecular complexity index is 722. The van der Waals surface area contributed by atoms with E-state index in [1.54, 1.807) is 12.1 Å². The highest BCUT2D eigenvalue weighted by atomic mass is 16.5. The van der Waals surface area contributed by atoms with Gasteiger partial charge in [-0.2, -0.15) is 0 Å². The van der Waals surface area contributed by atoms with Crippen molar-refractivity contribution in [3.05, 3.63) is 70.3 Å². The van der Waals surface area contributed by atoms with Gasteiger partial charge < -0.3 is 10.1 Å². The number of amides is 1. The van der Waals surface area contributed by atoms with E-state index < -0.39 is 5.97 Å². The number of esters is 1. The molecule has 0 unspecified atom stereocenters. The number of nitrogens with one attached hydrogen (secondary N) is 1. The van der Waals surface area contributed by atoms with Crippen LogP contribution >= 0.6 is 0 Å². The highest BCUT2D eigenvalue weighted by Gasteiger charge is 2.11. The van der Waals surface area contributed by atoms with Crippen molar-refractivity contribution in [3.8, 4) is 0 Å². The van der Waals surface area contributed by atoms with Crippen molar-refractivity contribution in [1.82, 2.24) is 5.32 Å². The minimum atomic E-state index is -0.482. The molecule has 0 aliphatic rings. The summed E-state index contributed by atoms with van der Waals surface area (Å²) >= 11 is 0. The Morgan fingerprint density at radius 1 is 0.957 bits per heavy atom. The lowest BCUT2D eigenvalue weighted by Gasteiger charge is -2.09. The zero-order valence-corrected chi connectivity index (χ0v) is 13.7. The molecule has 0 saturated heterocycles. The predicted octanol–water partition coefficient (Wildman–Crippen LogP) is 3.09. The maximum absolute atomic E-state index is 11.9. The highest BCUT2D eigenvalue weighted by Crippen LogP contribution is 2.10. The Labute approximate surface area is 136 Å². The largest absolute Gasteiger partial charge is 0.452 e. The number of rotatable bonds is 5. The minimum absolute atomic E-state index is 0.280. The van der Waals surface area contributed by atoms with E-state index in [0.717, 1.165) is 11.1 Å². The van der Waals surface area contributed by atoms with E-state index in [0.29, 0.717) is 12.1 Å². The Balaban J connectivity index is 1.82. The van der Waals surface area contributed by atoms with Gasteiger partial charge in [0.1, 0.15) is 0 Å². The molecule has 4 heteroatoms. The molecule has 2 aromatic carbocycles. The molecule has 0 spiro atoms. The van der Waals surface area contributed by atoms with Crippen molar-refractivity contribution in [3.63, 3.8) is 0 Å². The summed E-state index contributed by atoms with van der Waals surface area (Å²) in [6, 6.07) is 13.2. The first-order chi connectivity index (χ1) is 11.0. The van der Waals surface area contributed by atoms with E-state index in [4.69, 9.17) is 4.74 Å². The van der Waals surface area contributed by atoms with Crippen LogP contribution in [-0.2, 0) is 16.1 Å². The van der Waals surface area contributed by atoms with Gasteiger partial charge in [0.05, 0.1) is 5.56 Å². The summed E-state index contributed by atoms with van der Waals surface area (Å²) in [6.45, 7) is 6.05. The lowest BCUT2D eigenvalue weighted by atomic mass is 10.1. The maximum Gasteiger partial charge on any atom is 0.338 e. The van der Waals surface area contributed by atoms with Gasteiger partial charge in [0.2, 0.25) is 0 Å². The first-order valence-corrected chi connectivity index (χ1v) is 7.53. The molecular formula is C19H21NO3. The summed E-state index contributed by atoms with van der Waals surface area (Å²) in [5.41, 5.74) is 4.73. The standard InChI is InChI=1S/C19H21NO3/c1-13-8-9-16(10-15(13)3)11-20-18(21)12-23-19(22)17-7-5-4-6-14(17)2/h4-10H,11-12H2,1-3H3,(H,20,21). The number of hydrogen-bond donors (Lipinski definition) is 1. The van der Waals surface area contributed by atoms with Crippen molar-refractivity contribution in [2.24, 2.45) is 0 Å². The molecule has 0 aliphatic heterocycles. The van der Waals surface area contributed by atoms with Crippen LogP contribution in [0.5, 0.6) is 0 Å². The van der Waals surface area contributed by atoms with Gasteiger partial charge in [-0.1, -0.05) is 36.4 Å². The average molecular weight is 311 g/mol. The van der Waals surface area contributed by atoms with Crippen LogP contribution in [0.3, 0.4) is 0 Å². The van der Waals surface area contributed by atoms with Crippen LogP contribution in [0.2, 0.25) is 0 Å². The molecule has 0 aromatic heterocycles. The number of ether oxygens (including phenoxy) is 1. The van der Waals surface area contributed by atoms with E-state index in [-0.39, 0.29) is 12.5 Å². The van der Waals surface area contributed by atoms with Gasteiger partial charge in [0, 0.05) is 6.54 Å². The quantitative estimate of drug-likeness (QED) is 0.863. The summed E-state index contributed by atoms with van der Waals surface area (Å²) in [4.78, 5) is 23.7. The zero-order chi connectivity index (χ0) is 16.8. The van der Waals surface area contributed by atoms with Gasteiger partial charge in [0.25, 0.3) is 5.91 Å². The van der Waals surface area contributed by atoms with E-state index >= 15 is 0 Å². The third-order valence-electron chi connectivity index (χ3n) is 3.76. The van der Waals surface area contributed by atoms with Crippen molar-refractivity contribution in [2.75, 3.05) is 6.61 Å². The second-order valence-electron chi connectivity index (χ2n) is 5.59.